The second-order valence-corrected chi connectivity index (χ2v) is 25.1. The Kier molecular flexibility index (Phi) is 43.5. The third-order valence-corrected chi connectivity index (χ3v) is 16.4. The van der Waals surface area contributed by atoms with Crippen molar-refractivity contribution < 1.29 is 117 Å². The summed E-state index contributed by atoms with van der Waals surface area (Å²) in [6, 6.07) is -4.48. The first-order valence-electron chi connectivity index (χ1n) is 34.7. The van der Waals surface area contributed by atoms with Gasteiger partial charge in [0.05, 0.1) is 71.6 Å². The zero-order valence-electron chi connectivity index (χ0n) is 57.9. The summed E-state index contributed by atoms with van der Waals surface area (Å²) in [5, 5.41) is 111. The Morgan fingerprint density at radius 1 is 0.430 bits per heavy atom. The Morgan fingerprint density at radius 2 is 0.810 bits per heavy atom. The highest BCUT2D eigenvalue weighted by molar-refractivity contribution is 5.81. The van der Waals surface area contributed by atoms with Crippen molar-refractivity contribution in [2.24, 2.45) is 0 Å². The van der Waals surface area contributed by atoms with Gasteiger partial charge in [0, 0.05) is 111 Å². The van der Waals surface area contributed by atoms with Crippen LogP contribution in [0.25, 0.3) is 0 Å². The average Bonchev–Trinajstić information content (AvgIpc) is 1.08. The lowest BCUT2D eigenvalue weighted by atomic mass is 9.96. The summed E-state index contributed by atoms with van der Waals surface area (Å²) in [6.45, 7) is 2.96. The van der Waals surface area contributed by atoms with E-state index in [4.69, 9.17) is 23.7 Å². The zero-order chi connectivity index (χ0) is 73.8. The number of nitrogens with one attached hydrogen (secondary N) is 12. The molecule has 0 aromatic heterocycles. The van der Waals surface area contributed by atoms with Crippen LogP contribution >= 0.6 is 0 Å². The van der Waals surface area contributed by atoms with Crippen molar-refractivity contribution in [1.82, 2.24) is 68.7 Å². The van der Waals surface area contributed by atoms with Crippen molar-refractivity contribution in [3.05, 3.63) is 0 Å². The highest BCUT2D eigenvalue weighted by Crippen LogP contribution is 2.23. The molecular formula is C63H113N13O24. The fraction of sp³-hybridized carbons (Fsp3) is 0.825. The molecule has 0 spiro atoms. The van der Waals surface area contributed by atoms with Crippen LogP contribution in [0.4, 0.5) is 9.59 Å². The minimum absolute atomic E-state index is 0.0141. The van der Waals surface area contributed by atoms with Crippen LogP contribution in [-0.4, -0.2) is 302 Å². The van der Waals surface area contributed by atoms with Crippen molar-refractivity contribution in [2.75, 3.05) is 112 Å². The lowest BCUT2D eigenvalue weighted by molar-refractivity contribution is -0.199. The molecule has 11 unspecified atom stereocenters. The first kappa shape index (κ1) is 87.5. The third kappa shape index (κ3) is 35.2. The first-order chi connectivity index (χ1) is 47.8. The zero-order valence-corrected chi connectivity index (χ0v) is 57.9. The summed E-state index contributed by atoms with van der Waals surface area (Å²) in [6.07, 6.45) is -3.78. The van der Waals surface area contributed by atoms with E-state index in [0.717, 1.165) is 58.8 Å². The smallest absolute Gasteiger partial charge is 0.316 e. The molecule has 100 heavy (non-hydrogen) atoms. The van der Waals surface area contributed by atoms with Gasteiger partial charge in [0.15, 0.2) is 12.5 Å². The van der Waals surface area contributed by atoms with Crippen molar-refractivity contribution in [2.45, 2.75) is 222 Å². The van der Waals surface area contributed by atoms with Crippen molar-refractivity contribution in [3.8, 4) is 0 Å². The molecule has 3 fully saturated rings. The Bertz CT molecular complexity index is 2380. The van der Waals surface area contributed by atoms with Gasteiger partial charge in [-0.05, 0) is 38.5 Å². The molecule has 37 nitrogen and oxygen atoms in total. The van der Waals surface area contributed by atoms with E-state index < -0.39 is 122 Å². The van der Waals surface area contributed by atoms with Gasteiger partial charge in [-0.1, -0.05) is 45.4 Å². The molecule has 0 bridgehead atoms. The molecular weight excluding hydrogens is 1320 g/mol. The highest BCUT2D eigenvalue weighted by atomic mass is 16.6. The van der Waals surface area contributed by atoms with E-state index in [2.05, 4.69) is 63.8 Å². The van der Waals surface area contributed by atoms with Crippen LogP contribution in [0.3, 0.4) is 0 Å². The largest absolute Gasteiger partial charge is 0.394 e. The maximum absolute atomic E-state index is 13.8. The quantitative estimate of drug-likeness (QED) is 0.0252. The fourth-order valence-corrected chi connectivity index (χ4v) is 11.0. The van der Waals surface area contributed by atoms with Gasteiger partial charge in [-0.3, -0.25) is 43.2 Å². The van der Waals surface area contributed by atoms with E-state index in [0.29, 0.717) is 45.1 Å². The number of hydrogen-bond donors (Lipinski definition) is 20. The van der Waals surface area contributed by atoms with Crippen LogP contribution in [-0.2, 0) is 66.8 Å². The van der Waals surface area contributed by atoms with Crippen LogP contribution < -0.4 is 63.8 Å². The van der Waals surface area contributed by atoms with E-state index in [-0.39, 0.29) is 166 Å². The van der Waals surface area contributed by atoms with Gasteiger partial charge >= 0.3 is 12.1 Å². The Labute approximate surface area is 582 Å². The van der Waals surface area contributed by atoms with Gasteiger partial charge in [0.25, 0.3) is 0 Å². The summed E-state index contributed by atoms with van der Waals surface area (Å²) >= 11 is 0. The lowest BCUT2D eigenvalue weighted by Gasteiger charge is -2.42. The second kappa shape index (κ2) is 49.8. The maximum atomic E-state index is 13.8. The predicted octanol–water partition coefficient (Wildman–Crippen LogP) is -6.05. The molecule has 0 saturated carbocycles. The topological polar surface area (TPSA) is 543 Å². The number of hydrogen-bond acceptors (Lipinski definition) is 24. The van der Waals surface area contributed by atoms with Gasteiger partial charge < -0.3 is 133 Å². The maximum Gasteiger partial charge on any atom is 0.316 e. The number of urea groups is 2. The number of β-amino-alcohol motifs (C(OH)–C–C–N with tert-alkyl or cyclic N) is 1. The molecule has 3 rings (SSSR count). The molecule has 0 aromatic rings. The number of aliphatic hydroxyl groups excluding tert-OH is 8. The summed E-state index contributed by atoms with van der Waals surface area (Å²) in [4.78, 5) is 140. The fourth-order valence-electron chi connectivity index (χ4n) is 11.0. The van der Waals surface area contributed by atoms with Crippen LogP contribution in [0.15, 0.2) is 0 Å². The summed E-state index contributed by atoms with van der Waals surface area (Å²) < 4.78 is 29.0. The van der Waals surface area contributed by atoms with E-state index in [1.54, 1.807) is 4.90 Å². The number of unbranched alkanes of at least 4 members (excludes halogenated alkanes) is 7. The minimum Gasteiger partial charge on any atom is -0.394 e. The van der Waals surface area contributed by atoms with Crippen molar-refractivity contribution in [3.63, 3.8) is 0 Å². The number of carbonyl (C=O) groups is 11. The molecule has 3 aliphatic heterocycles. The SMILES string of the molecule is CCCNC(=O)CCOCC(COCCC(=O)NCCCNC(=O)CCNC(=O)NC1OC(CO)C(O)C(O)C1NC(C)=O)(COCCC(=O)NCCCNC(=O)CCNC(=O)NC1OC(CO)C(O)C(O)C1NC(C)=O)NC(=O)CCCCCCCCCCC(=O)N1CC(O)C[C@H]1CO. The number of amides is 13. The van der Waals surface area contributed by atoms with E-state index in [1.165, 1.54) is 0 Å². The number of nitrogens with zero attached hydrogens (tertiary/aromatic N) is 1. The molecule has 12 atom stereocenters. The molecule has 3 saturated heterocycles. The number of ether oxygens (including phenoxy) is 5. The van der Waals surface area contributed by atoms with Crippen LogP contribution in [0, 0.1) is 0 Å². The average molecular weight is 1440 g/mol. The molecule has 3 heterocycles. The predicted molar refractivity (Wildman–Crippen MR) is 354 cm³/mol. The van der Waals surface area contributed by atoms with E-state index in [1.807, 2.05) is 6.92 Å². The standard InChI is InChI=1S/C63H113N13O24/c1-4-22-64-48(85)19-29-96-37-63(75-51(88)15-11-9-7-5-6-8-10-12-16-52(89)76-33-43(82)32-42(76)34-77,38-97-30-20-49(86)67-25-13-23-65-46(83)17-27-69-61(94)73-59-53(71-40(2)80)57(92)55(90)44(35-78)99-59)39-98-31-21-50(87)68-26-14-24-66-47(84)18-28-70-62(95)74-60-54(72-41(3)81)58(93)56(91)45(36-79)100-60/h42-45,53-60,77-79,82,90-93H,4-39H2,1-3H3,(H,64,85)(H,65,83)(H,66,84)(H,67,86)(H,68,87)(H,71,80)(H,72,81)(H,75,88)(H2,69,73,94)(H2,70,74,95)/t42-,43?,44?,45?,53?,54?,55?,56?,57?,58?,59?,60?,63?/m0/s1. The minimum atomic E-state index is -1.58. The molecule has 37 heteroatoms. The number of carbonyl (C=O) groups excluding carboxylic acids is 11. The number of likely N-dealkylation sites (tertiary alicyclic amines) is 1. The van der Waals surface area contributed by atoms with Gasteiger partial charge in [-0.25, -0.2) is 9.59 Å². The summed E-state index contributed by atoms with van der Waals surface area (Å²) in [7, 11) is 0. The molecule has 13 amide bonds. The van der Waals surface area contributed by atoms with Crippen molar-refractivity contribution in [1.29, 1.82) is 0 Å². The Balaban J connectivity index is 1.50. The van der Waals surface area contributed by atoms with Crippen LogP contribution in [0.2, 0.25) is 0 Å². The van der Waals surface area contributed by atoms with E-state index >= 15 is 0 Å². The monoisotopic (exact) mass is 1440 g/mol. The van der Waals surface area contributed by atoms with Crippen LogP contribution in [0.5, 0.6) is 0 Å². The van der Waals surface area contributed by atoms with Gasteiger partial charge in [0.2, 0.25) is 53.2 Å². The van der Waals surface area contributed by atoms with Gasteiger partial charge in [0.1, 0.15) is 54.2 Å². The summed E-state index contributed by atoms with van der Waals surface area (Å²) in [5.74, 6) is -3.43. The lowest BCUT2D eigenvalue weighted by Crippen LogP contribution is -2.68. The molecule has 0 aromatic carbocycles. The highest BCUT2D eigenvalue weighted by Gasteiger charge is 2.47. The number of rotatable bonds is 50. The third-order valence-electron chi connectivity index (χ3n) is 16.4. The molecule has 3 aliphatic rings. The molecule has 574 valence electrons. The molecule has 0 radical (unpaired) electrons. The van der Waals surface area contributed by atoms with Gasteiger partial charge in [-0.2, -0.15) is 0 Å². The van der Waals surface area contributed by atoms with Crippen molar-refractivity contribution >= 4 is 65.2 Å². The molecule has 20 N–H and O–H groups in total. The van der Waals surface area contributed by atoms with Crippen LogP contribution in [0.1, 0.15) is 143 Å². The van der Waals surface area contributed by atoms with Gasteiger partial charge in [-0.15, -0.1) is 0 Å². The summed E-state index contributed by atoms with van der Waals surface area (Å²) in [5.41, 5.74) is -1.37. The van der Waals surface area contributed by atoms with E-state index in [9.17, 15) is 93.6 Å². The number of aliphatic hydroxyl groups is 8. The normalized spacial score (nSPS) is 23.2. The Morgan fingerprint density at radius 3 is 1.19 bits per heavy atom. The second-order valence-electron chi connectivity index (χ2n) is 25.1. The first-order valence-corrected chi connectivity index (χ1v) is 34.7. The Hall–Kier alpha value is -6.75. The molecule has 0 aliphatic carbocycles.